The summed E-state index contributed by atoms with van der Waals surface area (Å²) in [6.45, 7) is 9.73. The molecule has 0 aliphatic carbocycles. The van der Waals surface area contributed by atoms with Gasteiger partial charge in [-0.3, -0.25) is 4.79 Å². The molecule has 0 aliphatic rings. The Morgan fingerprint density at radius 1 is 1.29 bits per heavy atom. The highest BCUT2D eigenvalue weighted by molar-refractivity contribution is 5.80. The molecule has 0 atom stereocenters. The molecule has 0 unspecified atom stereocenters. The van der Waals surface area contributed by atoms with Crippen LogP contribution < -0.4 is 10.2 Å². The Morgan fingerprint density at radius 3 is 2.48 bits per heavy atom. The Morgan fingerprint density at radius 2 is 1.95 bits per heavy atom. The van der Waals surface area contributed by atoms with E-state index >= 15 is 0 Å². The van der Waals surface area contributed by atoms with Gasteiger partial charge < -0.3 is 19.5 Å². The maximum Gasteiger partial charge on any atom is 0.318 e. The van der Waals surface area contributed by atoms with Crippen molar-refractivity contribution in [3.8, 4) is 0 Å². The van der Waals surface area contributed by atoms with Gasteiger partial charge in [0.05, 0.1) is 6.54 Å². The molecule has 0 spiro atoms. The van der Waals surface area contributed by atoms with E-state index in [-0.39, 0.29) is 18.0 Å². The Kier molecular flexibility index (Phi) is 6.14. The van der Waals surface area contributed by atoms with Gasteiger partial charge in [-0.1, -0.05) is 12.0 Å². The second-order valence-electron chi connectivity index (χ2n) is 6.29. The van der Waals surface area contributed by atoms with Crippen LogP contribution in [0.15, 0.2) is 4.42 Å². The summed E-state index contributed by atoms with van der Waals surface area (Å²) < 4.78 is 5.64. The van der Waals surface area contributed by atoms with E-state index in [2.05, 4.69) is 36.3 Å². The molecule has 0 saturated heterocycles. The third kappa shape index (κ3) is 6.12. The van der Waals surface area contributed by atoms with Crippen molar-refractivity contribution in [2.45, 2.75) is 46.2 Å². The molecule has 1 amide bonds. The predicted octanol–water partition coefficient (Wildman–Crippen LogP) is 1.26. The number of rotatable bonds is 7. The second kappa shape index (κ2) is 7.40. The van der Waals surface area contributed by atoms with Gasteiger partial charge in [0, 0.05) is 26.2 Å². The monoisotopic (exact) mass is 297 g/mol. The first-order chi connectivity index (χ1) is 9.73. The van der Waals surface area contributed by atoms with Gasteiger partial charge in [-0.2, -0.15) is 0 Å². The first kappa shape index (κ1) is 17.4. The van der Waals surface area contributed by atoms with Crippen molar-refractivity contribution >= 4 is 11.9 Å². The summed E-state index contributed by atoms with van der Waals surface area (Å²) in [7, 11) is 3.47. The number of aromatic nitrogens is 2. The molecule has 7 heteroatoms. The minimum Gasteiger partial charge on any atom is -0.407 e. The van der Waals surface area contributed by atoms with E-state index in [0.29, 0.717) is 25.0 Å². The SMILES string of the molecule is CCCN(CC(=O)N(C)C)c1nnc(CNC(C)(C)C)o1. The van der Waals surface area contributed by atoms with Crippen LogP contribution in [0, 0.1) is 0 Å². The fraction of sp³-hybridized carbons (Fsp3) is 0.786. The van der Waals surface area contributed by atoms with Crippen LogP contribution in [0.2, 0.25) is 0 Å². The van der Waals surface area contributed by atoms with Crippen LogP contribution in [-0.2, 0) is 11.3 Å². The molecular weight excluding hydrogens is 270 g/mol. The summed E-state index contributed by atoms with van der Waals surface area (Å²) in [4.78, 5) is 15.2. The zero-order chi connectivity index (χ0) is 16.0. The van der Waals surface area contributed by atoms with Crippen LogP contribution in [0.3, 0.4) is 0 Å². The smallest absolute Gasteiger partial charge is 0.318 e. The largest absolute Gasteiger partial charge is 0.407 e. The Bertz CT molecular complexity index is 450. The maximum atomic E-state index is 11.8. The molecule has 0 aromatic carbocycles. The average molecular weight is 297 g/mol. The highest BCUT2D eigenvalue weighted by atomic mass is 16.4. The van der Waals surface area contributed by atoms with Crippen molar-refractivity contribution < 1.29 is 9.21 Å². The second-order valence-corrected chi connectivity index (χ2v) is 6.29. The highest BCUT2D eigenvalue weighted by Gasteiger charge is 2.19. The fourth-order valence-electron chi connectivity index (χ4n) is 1.60. The summed E-state index contributed by atoms with van der Waals surface area (Å²) in [6, 6.07) is 0.401. The Hall–Kier alpha value is -1.63. The molecule has 0 bridgehead atoms. The van der Waals surface area contributed by atoms with E-state index in [0.717, 1.165) is 6.42 Å². The first-order valence-electron chi connectivity index (χ1n) is 7.25. The van der Waals surface area contributed by atoms with Crippen LogP contribution in [-0.4, -0.2) is 53.7 Å². The van der Waals surface area contributed by atoms with Gasteiger partial charge in [-0.05, 0) is 27.2 Å². The zero-order valence-electron chi connectivity index (χ0n) is 13.9. The molecule has 7 nitrogen and oxygen atoms in total. The lowest BCUT2D eigenvalue weighted by molar-refractivity contribution is -0.127. The van der Waals surface area contributed by atoms with Gasteiger partial charge in [-0.15, -0.1) is 5.10 Å². The number of hydrogen-bond acceptors (Lipinski definition) is 6. The average Bonchev–Trinajstić information content (AvgIpc) is 2.83. The molecule has 0 radical (unpaired) electrons. The molecule has 0 saturated carbocycles. The van der Waals surface area contributed by atoms with E-state index < -0.39 is 0 Å². The van der Waals surface area contributed by atoms with Crippen LogP contribution >= 0.6 is 0 Å². The predicted molar refractivity (Wildman–Crippen MR) is 82.1 cm³/mol. The standard InChI is InChI=1S/C14H27N5O2/c1-7-8-19(10-12(20)18(5)6)13-17-16-11(21-13)9-15-14(2,3)4/h15H,7-10H2,1-6H3. The number of anilines is 1. The Balaban J connectivity index is 2.71. The van der Waals surface area contributed by atoms with Crippen molar-refractivity contribution in [2.75, 3.05) is 32.1 Å². The third-order valence-electron chi connectivity index (χ3n) is 2.82. The minimum atomic E-state index is -0.0153. The summed E-state index contributed by atoms with van der Waals surface area (Å²) >= 11 is 0. The lowest BCUT2D eigenvalue weighted by Gasteiger charge is -2.21. The molecule has 1 aromatic rings. The lowest BCUT2D eigenvalue weighted by Crippen LogP contribution is -2.37. The molecule has 1 heterocycles. The molecule has 0 aliphatic heterocycles. The van der Waals surface area contributed by atoms with E-state index in [4.69, 9.17) is 4.42 Å². The number of nitrogens with one attached hydrogen (secondary N) is 1. The number of amides is 1. The van der Waals surface area contributed by atoms with Gasteiger partial charge in [-0.25, -0.2) is 0 Å². The maximum absolute atomic E-state index is 11.8. The van der Waals surface area contributed by atoms with E-state index in [9.17, 15) is 4.79 Å². The molecule has 21 heavy (non-hydrogen) atoms. The topological polar surface area (TPSA) is 74.5 Å². The van der Waals surface area contributed by atoms with E-state index in [1.165, 1.54) is 0 Å². The summed E-state index contributed by atoms with van der Waals surface area (Å²) in [5.41, 5.74) is -0.0153. The highest BCUT2D eigenvalue weighted by Crippen LogP contribution is 2.13. The lowest BCUT2D eigenvalue weighted by atomic mass is 10.1. The van der Waals surface area contributed by atoms with Crippen molar-refractivity contribution in [1.29, 1.82) is 0 Å². The van der Waals surface area contributed by atoms with Gasteiger partial charge in [0.25, 0.3) is 0 Å². The van der Waals surface area contributed by atoms with Gasteiger partial charge in [0.1, 0.15) is 6.54 Å². The van der Waals surface area contributed by atoms with Crippen molar-refractivity contribution in [1.82, 2.24) is 20.4 Å². The number of likely N-dealkylation sites (N-methyl/N-ethyl adjacent to an activating group) is 1. The van der Waals surface area contributed by atoms with Crippen LogP contribution in [0.1, 0.15) is 40.0 Å². The normalized spacial score (nSPS) is 11.5. The Labute approximate surface area is 126 Å². The molecule has 1 aromatic heterocycles. The first-order valence-corrected chi connectivity index (χ1v) is 7.25. The van der Waals surface area contributed by atoms with Crippen LogP contribution in [0.5, 0.6) is 0 Å². The molecule has 0 fully saturated rings. The minimum absolute atomic E-state index is 0.0102. The summed E-state index contributed by atoms with van der Waals surface area (Å²) in [6.07, 6.45) is 0.901. The van der Waals surface area contributed by atoms with Crippen molar-refractivity contribution in [2.24, 2.45) is 0 Å². The quantitative estimate of drug-likeness (QED) is 0.817. The van der Waals surface area contributed by atoms with Gasteiger partial charge in [0.15, 0.2) is 0 Å². The van der Waals surface area contributed by atoms with Crippen molar-refractivity contribution in [3.63, 3.8) is 0 Å². The van der Waals surface area contributed by atoms with Gasteiger partial charge in [0.2, 0.25) is 11.8 Å². The summed E-state index contributed by atoms with van der Waals surface area (Å²) in [5, 5.41) is 11.4. The number of hydrogen-bond donors (Lipinski definition) is 1. The summed E-state index contributed by atoms with van der Waals surface area (Å²) in [5.74, 6) is 0.536. The van der Waals surface area contributed by atoms with Crippen LogP contribution in [0.25, 0.3) is 0 Å². The number of carbonyl (C=O) groups excluding carboxylic acids is 1. The number of nitrogens with zero attached hydrogens (tertiary/aromatic N) is 4. The van der Waals surface area contributed by atoms with Crippen LogP contribution in [0.4, 0.5) is 6.01 Å². The molecule has 1 rings (SSSR count). The number of carbonyl (C=O) groups is 1. The zero-order valence-corrected chi connectivity index (χ0v) is 13.9. The fourth-order valence-corrected chi connectivity index (χ4v) is 1.60. The van der Waals surface area contributed by atoms with E-state index in [1.54, 1.807) is 19.0 Å². The third-order valence-corrected chi connectivity index (χ3v) is 2.82. The molecule has 120 valence electrons. The van der Waals surface area contributed by atoms with E-state index in [1.807, 2.05) is 11.8 Å². The molecular formula is C14H27N5O2. The van der Waals surface area contributed by atoms with Crippen molar-refractivity contribution in [3.05, 3.63) is 5.89 Å². The molecule has 1 N–H and O–H groups in total. The van der Waals surface area contributed by atoms with Gasteiger partial charge >= 0.3 is 6.01 Å².